The third kappa shape index (κ3) is 1.94. The van der Waals surface area contributed by atoms with Crippen molar-refractivity contribution >= 4 is 28.6 Å². The molecule has 96 valence electrons. The van der Waals surface area contributed by atoms with Crippen molar-refractivity contribution in [2.45, 2.75) is 6.92 Å². The van der Waals surface area contributed by atoms with Crippen LogP contribution in [0.25, 0.3) is 16.7 Å². The van der Waals surface area contributed by atoms with E-state index >= 15 is 0 Å². The van der Waals surface area contributed by atoms with Gasteiger partial charge < -0.3 is 5.73 Å². The average molecular weight is 276 g/mol. The predicted molar refractivity (Wildman–Crippen MR) is 75.2 cm³/mol. The number of rotatable bonds is 1. The number of nitrogen functional groups attached to an aromatic ring is 1. The fourth-order valence-electron chi connectivity index (χ4n) is 2.10. The fourth-order valence-corrected chi connectivity index (χ4v) is 2.22. The van der Waals surface area contributed by atoms with Crippen LogP contribution in [-0.4, -0.2) is 9.55 Å². The second kappa shape index (κ2) is 4.24. The number of hydrogen-bond acceptors (Lipinski definition) is 2. The van der Waals surface area contributed by atoms with Crippen LogP contribution in [0.2, 0.25) is 5.02 Å². The van der Waals surface area contributed by atoms with E-state index in [0.29, 0.717) is 11.6 Å². The van der Waals surface area contributed by atoms with Gasteiger partial charge in [-0.1, -0.05) is 17.7 Å². The first-order valence-electron chi connectivity index (χ1n) is 5.76. The zero-order valence-corrected chi connectivity index (χ0v) is 10.9. The van der Waals surface area contributed by atoms with Crippen molar-refractivity contribution in [2.75, 3.05) is 5.73 Å². The first-order chi connectivity index (χ1) is 9.06. The molecule has 0 saturated carbocycles. The molecular formula is C14H11ClFN3. The van der Waals surface area contributed by atoms with E-state index in [1.807, 2.05) is 25.1 Å². The summed E-state index contributed by atoms with van der Waals surface area (Å²) in [5.41, 5.74) is 9.23. The van der Waals surface area contributed by atoms with Crippen LogP contribution in [0.15, 0.2) is 36.4 Å². The van der Waals surface area contributed by atoms with Gasteiger partial charge in [-0.2, -0.15) is 0 Å². The lowest BCUT2D eigenvalue weighted by atomic mass is 10.2. The number of anilines is 1. The lowest BCUT2D eigenvalue weighted by Gasteiger charge is -2.07. The Kier molecular flexibility index (Phi) is 2.68. The molecule has 0 unspecified atom stereocenters. The SMILES string of the molecule is Cc1ccc2nc(N)n(-c3ccc(Cl)c(F)c3)c2c1. The second-order valence-electron chi connectivity index (χ2n) is 4.40. The Hall–Kier alpha value is -2.07. The van der Waals surface area contributed by atoms with E-state index in [0.717, 1.165) is 16.6 Å². The number of fused-ring (bicyclic) bond motifs is 1. The van der Waals surface area contributed by atoms with Crippen molar-refractivity contribution < 1.29 is 4.39 Å². The van der Waals surface area contributed by atoms with E-state index in [2.05, 4.69) is 4.98 Å². The highest BCUT2D eigenvalue weighted by molar-refractivity contribution is 6.30. The number of nitrogens with two attached hydrogens (primary N) is 1. The third-order valence-electron chi connectivity index (χ3n) is 3.00. The van der Waals surface area contributed by atoms with Gasteiger partial charge >= 0.3 is 0 Å². The van der Waals surface area contributed by atoms with Crippen molar-refractivity contribution in [3.05, 3.63) is 52.8 Å². The van der Waals surface area contributed by atoms with Gasteiger partial charge in [0.1, 0.15) is 5.82 Å². The smallest absolute Gasteiger partial charge is 0.205 e. The van der Waals surface area contributed by atoms with E-state index in [9.17, 15) is 4.39 Å². The minimum atomic E-state index is -0.479. The number of aromatic nitrogens is 2. The Labute approximate surface area is 114 Å². The van der Waals surface area contributed by atoms with Crippen LogP contribution in [0.1, 0.15) is 5.56 Å². The van der Waals surface area contributed by atoms with Gasteiger partial charge in [0.25, 0.3) is 0 Å². The zero-order chi connectivity index (χ0) is 13.6. The van der Waals surface area contributed by atoms with Gasteiger partial charge in [0, 0.05) is 0 Å². The lowest BCUT2D eigenvalue weighted by molar-refractivity contribution is 0.627. The summed E-state index contributed by atoms with van der Waals surface area (Å²) >= 11 is 5.69. The van der Waals surface area contributed by atoms with E-state index in [-0.39, 0.29) is 5.02 Å². The molecule has 3 nitrogen and oxygen atoms in total. The van der Waals surface area contributed by atoms with Crippen molar-refractivity contribution in [1.29, 1.82) is 0 Å². The molecule has 0 aliphatic carbocycles. The summed E-state index contributed by atoms with van der Waals surface area (Å²) in [7, 11) is 0. The molecule has 0 aliphatic rings. The zero-order valence-electron chi connectivity index (χ0n) is 10.2. The summed E-state index contributed by atoms with van der Waals surface area (Å²) in [6, 6.07) is 10.4. The summed E-state index contributed by atoms with van der Waals surface area (Å²) in [6.07, 6.45) is 0. The molecule has 2 N–H and O–H groups in total. The standard InChI is InChI=1S/C14H11ClFN3/c1-8-2-5-12-13(6-8)19(14(17)18-12)9-3-4-10(15)11(16)7-9/h2-7H,1H3,(H2,17,18). The third-order valence-corrected chi connectivity index (χ3v) is 3.30. The van der Waals surface area contributed by atoms with Gasteiger partial charge in [0.15, 0.2) is 0 Å². The number of hydrogen-bond donors (Lipinski definition) is 1. The highest BCUT2D eigenvalue weighted by Gasteiger charge is 2.11. The van der Waals surface area contributed by atoms with Crippen LogP contribution in [0.3, 0.4) is 0 Å². The number of nitrogens with zero attached hydrogens (tertiary/aromatic N) is 2. The molecule has 3 aromatic rings. The molecule has 0 amide bonds. The van der Waals surface area contributed by atoms with Crippen molar-refractivity contribution in [1.82, 2.24) is 9.55 Å². The fraction of sp³-hybridized carbons (Fsp3) is 0.0714. The van der Waals surface area contributed by atoms with Gasteiger partial charge in [-0.3, -0.25) is 4.57 Å². The van der Waals surface area contributed by atoms with E-state index in [1.165, 1.54) is 12.1 Å². The monoisotopic (exact) mass is 275 g/mol. The Morgan fingerprint density at radius 2 is 2.00 bits per heavy atom. The largest absolute Gasteiger partial charge is 0.369 e. The Morgan fingerprint density at radius 3 is 2.74 bits per heavy atom. The van der Waals surface area contributed by atoms with Gasteiger partial charge in [-0.05, 0) is 42.8 Å². The summed E-state index contributed by atoms with van der Waals surface area (Å²) in [4.78, 5) is 4.27. The molecule has 2 aromatic carbocycles. The maximum atomic E-state index is 13.6. The number of imidazole rings is 1. The molecule has 0 saturated heterocycles. The Morgan fingerprint density at radius 1 is 1.21 bits per heavy atom. The normalized spacial score (nSPS) is 11.1. The minimum Gasteiger partial charge on any atom is -0.369 e. The van der Waals surface area contributed by atoms with Crippen LogP contribution >= 0.6 is 11.6 Å². The Balaban J connectivity index is 2.31. The van der Waals surface area contributed by atoms with E-state index in [4.69, 9.17) is 17.3 Å². The van der Waals surface area contributed by atoms with Crippen molar-refractivity contribution in [2.24, 2.45) is 0 Å². The van der Waals surface area contributed by atoms with E-state index < -0.39 is 5.82 Å². The van der Waals surface area contributed by atoms with Gasteiger partial charge in [0.2, 0.25) is 5.95 Å². The molecule has 0 spiro atoms. The molecule has 3 rings (SSSR count). The maximum Gasteiger partial charge on any atom is 0.205 e. The summed E-state index contributed by atoms with van der Waals surface area (Å²) in [5.74, 6) is -0.157. The second-order valence-corrected chi connectivity index (χ2v) is 4.80. The highest BCUT2D eigenvalue weighted by atomic mass is 35.5. The topological polar surface area (TPSA) is 43.8 Å². The summed E-state index contributed by atoms with van der Waals surface area (Å²) < 4.78 is 15.3. The van der Waals surface area contributed by atoms with Gasteiger partial charge in [-0.15, -0.1) is 0 Å². The highest BCUT2D eigenvalue weighted by Crippen LogP contribution is 2.26. The Bertz CT molecular complexity index is 780. The molecule has 1 heterocycles. The van der Waals surface area contributed by atoms with E-state index in [1.54, 1.807) is 10.6 Å². The molecule has 0 radical (unpaired) electrons. The summed E-state index contributed by atoms with van der Waals surface area (Å²) in [6.45, 7) is 1.98. The maximum absolute atomic E-state index is 13.6. The molecule has 0 bridgehead atoms. The first-order valence-corrected chi connectivity index (χ1v) is 6.14. The molecule has 0 atom stereocenters. The molecule has 0 fully saturated rings. The minimum absolute atomic E-state index is 0.0860. The van der Waals surface area contributed by atoms with Gasteiger partial charge in [0.05, 0.1) is 21.7 Å². The predicted octanol–water partition coefficient (Wildman–Crippen LogP) is 3.71. The molecule has 0 aliphatic heterocycles. The number of benzene rings is 2. The molecular weight excluding hydrogens is 265 g/mol. The van der Waals surface area contributed by atoms with Crippen LogP contribution in [0.5, 0.6) is 0 Å². The summed E-state index contributed by atoms with van der Waals surface area (Å²) in [5, 5.41) is 0.0860. The molecule has 5 heteroatoms. The lowest BCUT2D eigenvalue weighted by Crippen LogP contribution is -2.01. The van der Waals surface area contributed by atoms with Gasteiger partial charge in [-0.25, -0.2) is 9.37 Å². The van der Waals surface area contributed by atoms with Crippen molar-refractivity contribution in [3.8, 4) is 5.69 Å². The molecule has 1 aromatic heterocycles. The average Bonchev–Trinajstić information content (AvgIpc) is 2.68. The van der Waals surface area contributed by atoms with Crippen LogP contribution in [-0.2, 0) is 0 Å². The first kappa shape index (κ1) is 12.0. The molecule has 19 heavy (non-hydrogen) atoms. The quantitative estimate of drug-likeness (QED) is 0.736. The van der Waals surface area contributed by atoms with Crippen molar-refractivity contribution in [3.63, 3.8) is 0 Å². The number of aryl methyl sites for hydroxylation is 1. The number of halogens is 2. The van der Waals surface area contributed by atoms with Crippen LogP contribution in [0, 0.1) is 12.7 Å². The van der Waals surface area contributed by atoms with Crippen LogP contribution < -0.4 is 5.73 Å². The van der Waals surface area contributed by atoms with Crippen LogP contribution in [0.4, 0.5) is 10.3 Å².